The number of hydrogen-bond acceptors (Lipinski definition) is 2. The van der Waals surface area contributed by atoms with E-state index in [1.165, 1.54) is 12.0 Å². The maximum Gasteiger partial charge on any atom is 0.0603 e. The summed E-state index contributed by atoms with van der Waals surface area (Å²) in [4.78, 5) is 0. The standard InChI is InChI=1S/C20H36O2/c1-12-8-13(2)14(3)19(9-12)10-21-11-20-16(5)15(4)17(6)22-18(20)7/h8,13-20H,9-11H2,1-7H3. The van der Waals surface area contributed by atoms with Crippen LogP contribution in [0.25, 0.3) is 0 Å². The molecule has 1 aliphatic heterocycles. The fraction of sp³-hybridized carbons (Fsp3) is 0.900. The molecule has 0 saturated carbocycles. The molecule has 1 aliphatic carbocycles. The van der Waals surface area contributed by atoms with E-state index < -0.39 is 0 Å². The molecule has 0 aromatic rings. The Morgan fingerprint density at radius 2 is 1.64 bits per heavy atom. The van der Waals surface area contributed by atoms with Crippen molar-refractivity contribution >= 4 is 0 Å². The Bertz CT molecular complexity index is 389. The van der Waals surface area contributed by atoms with Crippen molar-refractivity contribution in [3.8, 4) is 0 Å². The van der Waals surface area contributed by atoms with Gasteiger partial charge in [0, 0.05) is 12.5 Å². The first kappa shape index (κ1) is 18.0. The lowest BCUT2D eigenvalue weighted by atomic mass is 9.75. The van der Waals surface area contributed by atoms with Gasteiger partial charge in [-0.2, -0.15) is 0 Å². The Kier molecular flexibility index (Phi) is 6.13. The monoisotopic (exact) mass is 308 g/mol. The summed E-state index contributed by atoms with van der Waals surface area (Å²) in [6.07, 6.45) is 4.31. The molecule has 0 N–H and O–H groups in total. The van der Waals surface area contributed by atoms with Crippen LogP contribution in [-0.4, -0.2) is 25.4 Å². The van der Waals surface area contributed by atoms with E-state index >= 15 is 0 Å². The SMILES string of the molecule is CC1=CC(C)C(C)C(COCC2C(C)OC(C)C(C)C2C)C1. The van der Waals surface area contributed by atoms with Gasteiger partial charge in [-0.15, -0.1) is 0 Å². The van der Waals surface area contributed by atoms with Gasteiger partial charge in [0.1, 0.15) is 0 Å². The van der Waals surface area contributed by atoms with Crippen LogP contribution in [0.15, 0.2) is 11.6 Å². The largest absolute Gasteiger partial charge is 0.381 e. The van der Waals surface area contributed by atoms with Crippen molar-refractivity contribution in [1.29, 1.82) is 0 Å². The van der Waals surface area contributed by atoms with Crippen molar-refractivity contribution < 1.29 is 9.47 Å². The van der Waals surface area contributed by atoms with Gasteiger partial charge in [0.2, 0.25) is 0 Å². The van der Waals surface area contributed by atoms with Crippen LogP contribution in [0.4, 0.5) is 0 Å². The van der Waals surface area contributed by atoms with Gasteiger partial charge in [-0.25, -0.2) is 0 Å². The molecule has 2 aliphatic rings. The molecule has 1 heterocycles. The molecule has 0 aromatic carbocycles. The number of rotatable bonds is 4. The molecule has 128 valence electrons. The minimum absolute atomic E-state index is 0.311. The minimum atomic E-state index is 0.311. The zero-order chi connectivity index (χ0) is 16.4. The number of ether oxygens (including phenoxy) is 2. The molecule has 8 atom stereocenters. The van der Waals surface area contributed by atoms with Crippen LogP contribution in [0.3, 0.4) is 0 Å². The molecule has 0 amide bonds. The van der Waals surface area contributed by atoms with Crippen LogP contribution < -0.4 is 0 Å². The van der Waals surface area contributed by atoms with E-state index in [-0.39, 0.29) is 0 Å². The molecule has 2 rings (SSSR count). The molecule has 1 saturated heterocycles. The second kappa shape index (κ2) is 7.49. The summed E-state index contributed by atoms with van der Waals surface area (Å²) in [5, 5.41) is 0. The topological polar surface area (TPSA) is 18.5 Å². The summed E-state index contributed by atoms with van der Waals surface area (Å²) in [5.41, 5.74) is 1.53. The average Bonchev–Trinajstić information content (AvgIpc) is 2.45. The van der Waals surface area contributed by atoms with Gasteiger partial charge in [-0.1, -0.05) is 39.3 Å². The third-order valence-electron chi connectivity index (χ3n) is 6.62. The summed E-state index contributed by atoms with van der Waals surface area (Å²) in [5.74, 6) is 3.89. The average molecular weight is 309 g/mol. The highest BCUT2D eigenvalue weighted by Gasteiger charge is 2.37. The Morgan fingerprint density at radius 3 is 2.32 bits per heavy atom. The first-order chi connectivity index (χ1) is 10.3. The van der Waals surface area contributed by atoms with E-state index in [0.717, 1.165) is 19.1 Å². The van der Waals surface area contributed by atoms with Crippen LogP contribution in [0, 0.1) is 35.5 Å². The Labute approximate surface area is 137 Å². The second-order valence-electron chi connectivity index (χ2n) is 8.16. The van der Waals surface area contributed by atoms with Crippen LogP contribution in [0.1, 0.15) is 54.9 Å². The predicted molar refractivity (Wildman–Crippen MR) is 92.8 cm³/mol. The summed E-state index contributed by atoms with van der Waals surface area (Å²) < 4.78 is 12.3. The number of hydrogen-bond donors (Lipinski definition) is 0. The van der Waals surface area contributed by atoms with Crippen LogP contribution >= 0.6 is 0 Å². The fourth-order valence-electron chi connectivity index (χ4n) is 4.36. The molecule has 22 heavy (non-hydrogen) atoms. The third-order valence-corrected chi connectivity index (χ3v) is 6.62. The number of allylic oxidation sites excluding steroid dienone is 2. The molecule has 2 heteroatoms. The lowest BCUT2D eigenvalue weighted by Crippen LogP contribution is -2.45. The highest BCUT2D eigenvalue weighted by molar-refractivity contribution is 5.08. The van der Waals surface area contributed by atoms with Crippen LogP contribution in [-0.2, 0) is 9.47 Å². The normalized spacial score (nSPS) is 46.4. The zero-order valence-corrected chi connectivity index (χ0v) is 15.6. The smallest absolute Gasteiger partial charge is 0.0603 e. The molecule has 2 nitrogen and oxygen atoms in total. The highest BCUT2D eigenvalue weighted by atomic mass is 16.5. The van der Waals surface area contributed by atoms with Gasteiger partial charge < -0.3 is 9.47 Å². The van der Waals surface area contributed by atoms with Crippen molar-refractivity contribution in [1.82, 2.24) is 0 Å². The molecule has 1 fully saturated rings. The van der Waals surface area contributed by atoms with Crippen molar-refractivity contribution in [3.63, 3.8) is 0 Å². The van der Waals surface area contributed by atoms with E-state index in [4.69, 9.17) is 9.47 Å². The van der Waals surface area contributed by atoms with Gasteiger partial charge in [-0.3, -0.25) is 0 Å². The molecule has 0 spiro atoms. The molecule has 0 bridgehead atoms. The van der Waals surface area contributed by atoms with Crippen molar-refractivity contribution in [2.75, 3.05) is 13.2 Å². The summed E-state index contributed by atoms with van der Waals surface area (Å²) in [7, 11) is 0. The van der Waals surface area contributed by atoms with E-state index in [2.05, 4.69) is 54.5 Å². The lowest BCUT2D eigenvalue weighted by Gasteiger charge is -2.43. The zero-order valence-electron chi connectivity index (χ0n) is 15.6. The van der Waals surface area contributed by atoms with Crippen molar-refractivity contribution in [2.45, 2.75) is 67.1 Å². The Balaban J connectivity index is 1.84. The molecular formula is C20H36O2. The molecular weight excluding hydrogens is 272 g/mol. The maximum absolute atomic E-state index is 6.20. The third kappa shape index (κ3) is 3.94. The first-order valence-corrected chi connectivity index (χ1v) is 9.21. The van der Waals surface area contributed by atoms with E-state index in [1.54, 1.807) is 0 Å². The fourth-order valence-corrected chi connectivity index (χ4v) is 4.36. The lowest BCUT2D eigenvalue weighted by molar-refractivity contribution is -0.140. The molecule has 0 aromatic heterocycles. The summed E-state index contributed by atoms with van der Waals surface area (Å²) in [6.45, 7) is 17.8. The minimum Gasteiger partial charge on any atom is -0.381 e. The molecule has 0 radical (unpaired) electrons. The predicted octanol–water partition coefficient (Wildman–Crippen LogP) is 4.94. The Morgan fingerprint density at radius 1 is 0.955 bits per heavy atom. The van der Waals surface area contributed by atoms with E-state index in [0.29, 0.717) is 41.8 Å². The van der Waals surface area contributed by atoms with Gasteiger partial charge in [0.15, 0.2) is 0 Å². The van der Waals surface area contributed by atoms with Gasteiger partial charge in [0.05, 0.1) is 18.8 Å². The summed E-state index contributed by atoms with van der Waals surface area (Å²) in [6, 6.07) is 0. The highest BCUT2D eigenvalue weighted by Crippen LogP contribution is 2.36. The second-order valence-corrected chi connectivity index (χ2v) is 8.16. The van der Waals surface area contributed by atoms with Gasteiger partial charge in [-0.05, 0) is 56.8 Å². The van der Waals surface area contributed by atoms with Crippen molar-refractivity contribution in [2.24, 2.45) is 35.5 Å². The molecule has 8 unspecified atom stereocenters. The van der Waals surface area contributed by atoms with Gasteiger partial charge >= 0.3 is 0 Å². The summed E-state index contributed by atoms with van der Waals surface area (Å²) >= 11 is 0. The van der Waals surface area contributed by atoms with Crippen LogP contribution in [0.5, 0.6) is 0 Å². The van der Waals surface area contributed by atoms with Crippen LogP contribution in [0.2, 0.25) is 0 Å². The maximum atomic E-state index is 6.20. The van der Waals surface area contributed by atoms with Gasteiger partial charge in [0.25, 0.3) is 0 Å². The van der Waals surface area contributed by atoms with E-state index in [9.17, 15) is 0 Å². The Hall–Kier alpha value is -0.340. The van der Waals surface area contributed by atoms with Crippen molar-refractivity contribution in [3.05, 3.63) is 11.6 Å². The van der Waals surface area contributed by atoms with E-state index in [1.807, 2.05) is 0 Å². The first-order valence-electron chi connectivity index (χ1n) is 9.21. The quantitative estimate of drug-likeness (QED) is 0.685.